The largest absolute Gasteiger partial charge is 0.340 e. The molecule has 0 spiro atoms. The topological polar surface area (TPSA) is 78.5 Å². The summed E-state index contributed by atoms with van der Waals surface area (Å²) in [4.78, 5) is 14.9. The summed E-state index contributed by atoms with van der Waals surface area (Å²) >= 11 is 1.49. The summed E-state index contributed by atoms with van der Waals surface area (Å²) in [6, 6.07) is 9.73. The van der Waals surface area contributed by atoms with E-state index in [1.54, 1.807) is 11.9 Å². The third-order valence-electron chi connectivity index (χ3n) is 3.47. The highest BCUT2D eigenvalue weighted by atomic mass is 35.5. The Hall–Kier alpha value is -1.45. The van der Waals surface area contributed by atoms with E-state index in [2.05, 4.69) is 10.0 Å². The van der Waals surface area contributed by atoms with E-state index in [9.17, 15) is 13.2 Å². The monoisotopic (exact) mass is 403 g/mol. The van der Waals surface area contributed by atoms with Gasteiger partial charge in [0, 0.05) is 37.1 Å². The second-order valence-electron chi connectivity index (χ2n) is 5.26. The van der Waals surface area contributed by atoms with Crippen molar-refractivity contribution in [3.05, 3.63) is 52.2 Å². The van der Waals surface area contributed by atoms with Crippen LogP contribution in [0.4, 0.5) is 0 Å². The number of carbonyl (C=O) groups is 1. The van der Waals surface area contributed by atoms with Crippen molar-refractivity contribution in [1.29, 1.82) is 0 Å². The molecular formula is C16H22ClN3O3S2. The average Bonchev–Trinajstić information content (AvgIpc) is 3.11. The zero-order valence-corrected chi connectivity index (χ0v) is 16.5. The minimum absolute atomic E-state index is 0. The zero-order valence-electron chi connectivity index (χ0n) is 14.1. The normalized spacial score (nSPS) is 11.0. The Balaban J connectivity index is 0.00000312. The standard InChI is InChI=1S/C16H21N3O3S2.ClH/c1-17-9-10-19(2)16(20)13-5-7-15(8-6-13)24(21,22)18-12-14-4-3-11-23-14;/h3-8,11,17-18H,9-10,12H2,1-2H3;1H. The molecule has 0 aliphatic heterocycles. The number of nitrogens with one attached hydrogen (secondary N) is 2. The lowest BCUT2D eigenvalue weighted by atomic mass is 10.2. The fraction of sp³-hybridized carbons (Fsp3) is 0.312. The highest BCUT2D eigenvalue weighted by Crippen LogP contribution is 2.14. The number of likely N-dealkylation sites (N-methyl/N-ethyl adjacent to an activating group) is 2. The molecule has 0 bridgehead atoms. The fourth-order valence-electron chi connectivity index (χ4n) is 2.04. The molecule has 0 unspecified atom stereocenters. The van der Waals surface area contributed by atoms with Crippen LogP contribution < -0.4 is 10.0 Å². The molecule has 2 rings (SSSR count). The van der Waals surface area contributed by atoms with Crippen molar-refractivity contribution in [3.63, 3.8) is 0 Å². The summed E-state index contributed by atoms with van der Waals surface area (Å²) in [7, 11) is -0.0557. The van der Waals surface area contributed by atoms with Crippen LogP contribution in [-0.4, -0.2) is 46.4 Å². The van der Waals surface area contributed by atoms with E-state index in [1.165, 1.54) is 35.6 Å². The summed E-state index contributed by atoms with van der Waals surface area (Å²) in [5.74, 6) is -0.138. The zero-order chi connectivity index (χ0) is 17.6. The van der Waals surface area contributed by atoms with E-state index in [4.69, 9.17) is 0 Å². The quantitative estimate of drug-likeness (QED) is 0.706. The van der Waals surface area contributed by atoms with Crippen LogP contribution >= 0.6 is 23.7 Å². The van der Waals surface area contributed by atoms with Gasteiger partial charge in [-0.3, -0.25) is 4.79 Å². The van der Waals surface area contributed by atoms with E-state index in [0.29, 0.717) is 18.7 Å². The fourth-order valence-corrected chi connectivity index (χ4v) is 3.78. The summed E-state index contributed by atoms with van der Waals surface area (Å²) in [5, 5.41) is 4.88. The number of sulfonamides is 1. The molecule has 0 saturated heterocycles. The maximum atomic E-state index is 12.3. The maximum absolute atomic E-state index is 12.3. The van der Waals surface area contributed by atoms with Gasteiger partial charge in [0.15, 0.2) is 0 Å². The third kappa shape index (κ3) is 6.09. The van der Waals surface area contributed by atoms with Gasteiger partial charge in [-0.1, -0.05) is 6.07 Å². The van der Waals surface area contributed by atoms with Crippen LogP contribution in [0.15, 0.2) is 46.7 Å². The number of nitrogens with zero attached hydrogens (tertiary/aromatic N) is 1. The van der Waals surface area contributed by atoms with Crippen molar-refractivity contribution >= 4 is 39.7 Å². The van der Waals surface area contributed by atoms with Gasteiger partial charge in [-0.15, -0.1) is 23.7 Å². The average molecular weight is 404 g/mol. The van der Waals surface area contributed by atoms with Crippen molar-refractivity contribution < 1.29 is 13.2 Å². The molecule has 2 N–H and O–H groups in total. The van der Waals surface area contributed by atoms with Gasteiger partial charge in [-0.25, -0.2) is 13.1 Å². The second-order valence-corrected chi connectivity index (χ2v) is 8.06. The molecule has 0 aliphatic carbocycles. The van der Waals surface area contributed by atoms with Crippen molar-refractivity contribution in [2.75, 3.05) is 27.2 Å². The molecule has 25 heavy (non-hydrogen) atoms. The maximum Gasteiger partial charge on any atom is 0.253 e. The molecule has 0 radical (unpaired) electrons. The smallest absolute Gasteiger partial charge is 0.253 e. The first kappa shape index (κ1) is 21.6. The number of benzene rings is 1. The molecule has 1 heterocycles. The Kier molecular flexibility index (Phi) is 8.54. The van der Waals surface area contributed by atoms with Gasteiger partial charge in [-0.2, -0.15) is 0 Å². The molecule has 0 saturated carbocycles. The van der Waals surface area contributed by atoms with Crippen LogP contribution in [0, 0.1) is 0 Å². The van der Waals surface area contributed by atoms with Gasteiger partial charge in [0.2, 0.25) is 10.0 Å². The van der Waals surface area contributed by atoms with Crippen LogP contribution in [-0.2, 0) is 16.6 Å². The lowest BCUT2D eigenvalue weighted by molar-refractivity contribution is 0.0796. The van der Waals surface area contributed by atoms with Gasteiger partial charge in [0.25, 0.3) is 5.91 Å². The second kappa shape index (κ2) is 9.88. The molecule has 0 aliphatic rings. The number of thiophene rings is 1. The molecule has 0 atom stereocenters. The number of amides is 1. The predicted molar refractivity (Wildman–Crippen MR) is 103 cm³/mol. The first-order valence-electron chi connectivity index (χ1n) is 7.46. The van der Waals surface area contributed by atoms with E-state index >= 15 is 0 Å². The van der Waals surface area contributed by atoms with Gasteiger partial charge in [-0.05, 0) is 42.8 Å². The van der Waals surface area contributed by atoms with Crippen LogP contribution in [0.5, 0.6) is 0 Å². The van der Waals surface area contributed by atoms with Gasteiger partial charge in [0.1, 0.15) is 0 Å². The van der Waals surface area contributed by atoms with Crippen LogP contribution in [0.25, 0.3) is 0 Å². The van der Waals surface area contributed by atoms with Crippen LogP contribution in [0.3, 0.4) is 0 Å². The lowest BCUT2D eigenvalue weighted by Crippen LogP contribution is -2.32. The number of rotatable bonds is 8. The van der Waals surface area contributed by atoms with Gasteiger partial charge in [0.05, 0.1) is 4.90 Å². The number of halogens is 1. The molecular weight excluding hydrogens is 382 g/mol. The molecule has 1 aromatic carbocycles. The Morgan fingerprint density at radius 2 is 1.88 bits per heavy atom. The number of hydrogen-bond donors (Lipinski definition) is 2. The summed E-state index contributed by atoms with van der Waals surface area (Å²) in [6.45, 7) is 1.53. The minimum Gasteiger partial charge on any atom is -0.340 e. The van der Waals surface area contributed by atoms with Crippen molar-refractivity contribution in [1.82, 2.24) is 14.9 Å². The number of carbonyl (C=O) groups excluding carboxylic acids is 1. The lowest BCUT2D eigenvalue weighted by Gasteiger charge is -2.17. The van der Waals surface area contributed by atoms with Crippen molar-refractivity contribution in [2.24, 2.45) is 0 Å². The summed E-state index contributed by atoms with van der Waals surface area (Å²) < 4.78 is 27.1. The van der Waals surface area contributed by atoms with Crippen LogP contribution in [0.2, 0.25) is 0 Å². The first-order valence-corrected chi connectivity index (χ1v) is 9.82. The molecule has 1 aromatic heterocycles. The highest BCUT2D eigenvalue weighted by molar-refractivity contribution is 7.89. The predicted octanol–water partition coefficient (Wildman–Crippen LogP) is 1.94. The van der Waals surface area contributed by atoms with E-state index in [-0.39, 0.29) is 29.8 Å². The number of hydrogen-bond acceptors (Lipinski definition) is 5. The first-order chi connectivity index (χ1) is 11.4. The molecule has 0 fully saturated rings. The highest BCUT2D eigenvalue weighted by Gasteiger charge is 2.16. The SMILES string of the molecule is CNCCN(C)C(=O)c1ccc(S(=O)(=O)NCc2cccs2)cc1.Cl. The third-order valence-corrected chi connectivity index (χ3v) is 5.77. The van der Waals surface area contributed by atoms with E-state index in [1.807, 2.05) is 24.6 Å². The molecule has 1 amide bonds. The van der Waals surface area contributed by atoms with Crippen molar-refractivity contribution in [3.8, 4) is 0 Å². The Morgan fingerprint density at radius 3 is 2.44 bits per heavy atom. The Labute approximate surface area is 158 Å². The molecule has 2 aromatic rings. The van der Waals surface area contributed by atoms with Gasteiger partial charge < -0.3 is 10.2 Å². The van der Waals surface area contributed by atoms with E-state index in [0.717, 1.165) is 4.88 Å². The molecule has 6 nitrogen and oxygen atoms in total. The summed E-state index contributed by atoms with van der Waals surface area (Å²) in [6.07, 6.45) is 0. The Bertz CT molecular complexity index is 762. The van der Waals surface area contributed by atoms with E-state index < -0.39 is 10.0 Å². The molecule has 138 valence electrons. The Morgan fingerprint density at radius 1 is 1.20 bits per heavy atom. The van der Waals surface area contributed by atoms with Crippen LogP contribution in [0.1, 0.15) is 15.2 Å². The van der Waals surface area contributed by atoms with Gasteiger partial charge >= 0.3 is 0 Å². The molecule has 9 heteroatoms. The minimum atomic E-state index is -3.59. The summed E-state index contributed by atoms with van der Waals surface area (Å²) in [5.41, 5.74) is 0.464. The van der Waals surface area contributed by atoms with Crippen molar-refractivity contribution in [2.45, 2.75) is 11.4 Å².